The first-order valence-electron chi connectivity index (χ1n) is 7.79. The first-order chi connectivity index (χ1) is 10.2. The second-order valence-corrected chi connectivity index (χ2v) is 5.98. The van der Waals surface area contributed by atoms with Crippen LogP contribution in [0.15, 0.2) is 12.4 Å². The maximum absolute atomic E-state index is 5.84. The normalized spacial score (nSPS) is 23.3. The topological polar surface area (TPSA) is 59.5 Å². The molecule has 1 saturated carbocycles. The number of ether oxygens (including phenoxy) is 2. The molecule has 0 amide bonds. The molecule has 2 heterocycles. The lowest BCUT2D eigenvalue weighted by atomic mass is 10.2. The molecule has 3 rings (SSSR count). The van der Waals surface area contributed by atoms with Crippen molar-refractivity contribution < 1.29 is 9.47 Å². The minimum absolute atomic E-state index is 0.0820. The highest BCUT2D eigenvalue weighted by Gasteiger charge is 2.32. The van der Waals surface area contributed by atoms with E-state index in [1.54, 1.807) is 12.4 Å². The molecular weight excluding hydrogens is 268 g/mol. The van der Waals surface area contributed by atoms with Gasteiger partial charge in [-0.25, -0.2) is 9.97 Å². The SMILES string of the molecule is CC(C)Oc1nccnc1NCC1CN(C2CC2)CCO1. The summed E-state index contributed by atoms with van der Waals surface area (Å²) in [5.74, 6) is 1.25. The standard InChI is InChI=1S/C15H24N4O2/c1-11(2)21-15-14(16-5-6-17-15)18-9-13-10-19(7-8-20-13)12-3-4-12/h5-6,11-13H,3-4,7-10H2,1-2H3,(H,16,18). The largest absolute Gasteiger partial charge is 0.472 e. The van der Waals surface area contributed by atoms with Crippen molar-refractivity contribution in [3.63, 3.8) is 0 Å². The molecule has 6 heteroatoms. The van der Waals surface area contributed by atoms with Gasteiger partial charge in [0.05, 0.1) is 18.8 Å². The lowest BCUT2D eigenvalue weighted by Crippen LogP contribution is -2.46. The van der Waals surface area contributed by atoms with Crippen molar-refractivity contribution in [2.45, 2.75) is 44.9 Å². The van der Waals surface area contributed by atoms with E-state index in [2.05, 4.69) is 20.2 Å². The van der Waals surface area contributed by atoms with Crippen molar-refractivity contribution in [2.24, 2.45) is 0 Å². The number of morpholine rings is 1. The van der Waals surface area contributed by atoms with Gasteiger partial charge in [0.1, 0.15) is 0 Å². The van der Waals surface area contributed by atoms with Gasteiger partial charge in [0.25, 0.3) is 5.88 Å². The first kappa shape index (κ1) is 14.5. The quantitative estimate of drug-likeness (QED) is 0.858. The molecule has 1 saturated heterocycles. The first-order valence-corrected chi connectivity index (χ1v) is 7.79. The van der Waals surface area contributed by atoms with Gasteiger partial charge in [-0.05, 0) is 26.7 Å². The molecule has 0 aromatic carbocycles. The lowest BCUT2D eigenvalue weighted by molar-refractivity contribution is -0.0242. The Labute approximate surface area is 125 Å². The summed E-state index contributed by atoms with van der Waals surface area (Å²) in [6.45, 7) is 7.58. The van der Waals surface area contributed by atoms with Crippen LogP contribution < -0.4 is 10.1 Å². The van der Waals surface area contributed by atoms with Crippen molar-refractivity contribution >= 4 is 5.82 Å². The Morgan fingerprint density at radius 2 is 2.19 bits per heavy atom. The van der Waals surface area contributed by atoms with E-state index in [0.29, 0.717) is 11.7 Å². The molecule has 21 heavy (non-hydrogen) atoms. The van der Waals surface area contributed by atoms with Crippen LogP contribution in [0.2, 0.25) is 0 Å². The predicted octanol–water partition coefficient (Wildman–Crippen LogP) is 1.54. The van der Waals surface area contributed by atoms with E-state index in [0.717, 1.165) is 32.3 Å². The molecule has 0 radical (unpaired) electrons. The maximum atomic E-state index is 5.84. The molecule has 1 aromatic heterocycles. The molecule has 1 N–H and O–H groups in total. The summed E-state index contributed by atoms with van der Waals surface area (Å²) in [5.41, 5.74) is 0. The van der Waals surface area contributed by atoms with Crippen molar-refractivity contribution in [1.29, 1.82) is 0 Å². The van der Waals surface area contributed by atoms with Gasteiger partial charge < -0.3 is 14.8 Å². The van der Waals surface area contributed by atoms with Gasteiger partial charge in [-0.1, -0.05) is 0 Å². The Balaban J connectivity index is 1.54. The molecule has 1 aliphatic carbocycles. The fourth-order valence-electron chi connectivity index (χ4n) is 2.60. The van der Waals surface area contributed by atoms with Crippen molar-refractivity contribution in [1.82, 2.24) is 14.9 Å². The van der Waals surface area contributed by atoms with Crippen LogP contribution in [-0.4, -0.2) is 59.4 Å². The average Bonchev–Trinajstić information content (AvgIpc) is 3.31. The van der Waals surface area contributed by atoms with Crippen LogP contribution in [0.1, 0.15) is 26.7 Å². The van der Waals surface area contributed by atoms with Gasteiger partial charge in [-0.15, -0.1) is 0 Å². The minimum Gasteiger partial charge on any atom is -0.472 e. The van der Waals surface area contributed by atoms with Gasteiger partial charge in [-0.2, -0.15) is 0 Å². The van der Waals surface area contributed by atoms with E-state index in [9.17, 15) is 0 Å². The Hall–Kier alpha value is -1.40. The van der Waals surface area contributed by atoms with Crippen LogP contribution in [-0.2, 0) is 4.74 Å². The average molecular weight is 292 g/mol. The minimum atomic E-state index is 0.0820. The summed E-state index contributed by atoms with van der Waals surface area (Å²) in [4.78, 5) is 11.1. The summed E-state index contributed by atoms with van der Waals surface area (Å²) >= 11 is 0. The van der Waals surface area contributed by atoms with E-state index in [-0.39, 0.29) is 12.2 Å². The number of hydrogen-bond donors (Lipinski definition) is 1. The molecule has 116 valence electrons. The third-order valence-electron chi connectivity index (χ3n) is 3.74. The van der Waals surface area contributed by atoms with E-state index in [1.165, 1.54) is 12.8 Å². The van der Waals surface area contributed by atoms with Crippen LogP contribution in [0, 0.1) is 0 Å². The summed E-state index contributed by atoms with van der Waals surface area (Å²) in [7, 11) is 0. The van der Waals surface area contributed by atoms with Crippen molar-refractivity contribution in [3.05, 3.63) is 12.4 Å². The van der Waals surface area contributed by atoms with Crippen molar-refractivity contribution in [3.8, 4) is 5.88 Å². The number of hydrogen-bond acceptors (Lipinski definition) is 6. The highest BCUT2D eigenvalue weighted by molar-refractivity contribution is 5.44. The van der Waals surface area contributed by atoms with Crippen LogP contribution in [0.4, 0.5) is 5.82 Å². The highest BCUT2D eigenvalue weighted by atomic mass is 16.5. The second kappa shape index (κ2) is 6.58. The number of anilines is 1. The molecule has 1 aliphatic heterocycles. The third kappa shape index (κ3) is 4.04. The van der Waals surface area contributed by atoms with Gasteiger partial charge >= 0.3 is 0 Å². The smallest absolute Gasteiger partial charge is 0.257 e. The monoisotopic (exact) mass is 292 g/mol. The highest BCUT2D eigenvalue weighted by Crippen LogP contribution is 2.28. The van der Waals surface area contributed by atoms with Gasteiger partial charge in [-0.3, -0.25) is 4.90 Å². The Morgan fingerprint density at radius 3 is 2.95 bits per heavy atom. The molecule has 2 aliphatic rings. The van der Waals surface area contributed by atoms with Crippen LogP contribution in [0.3, 0.4) is 0 Å². The zero-order valence-corrected chi connectivity index (χ0v) is 12.8. The predicted molar refractivity (Wildman–Crippen MR) is 80.6 cm³/mol. The number of rotatable bonds is 6. The zero-order chi connectivity index (χ0) is 14.7. The Morgan fingerprint density at radius 1 is 1.38 bits per heavy atom. The van der Waals surface area contributed by atoms with Gasteiger partial charge in [0.2, 0.25) is 0 Å². The molecule has 1 atom stereocenters. The Bertz CT molecular complexity index is 465. The van der Waals surface area contributed by atoms with Crippen LogP contribution in [0.5, 0.6) is 5.88 Å². The molecule has 0 bridgehead atoms. The lowest BCUT2D eigenvalue weighted by Gasteiger charge is -2.33. The van der Waals surface area contributed by atoms with E-state index >= 15 is 0 Å². The van der Waals surface area contributed by atoms with E-state index in [1.807, 2.05) is 13.8 Å². The molecule has 6 nitrogen and oxygen atoms in total. The second-order valence-electron chi connectivity index (χ2n) is 5.98. The summed E-state index contributed by atoms with van der Waals surface area (Å²) < 4.78 is 11.5. The molecular formula is C15H24N4O2. The number of nitrogens with zero attached hydrogens (tertiary/aromatic N) is 3. The Kier molecular flexibility index (Phi) is 4.55. The van der Waals surface area contributed by atoms with Gasteiger partial charge in [0, 0.05) is 38.1 Å². The van der Waals surface area contributed by atoms with Crippen LogP contribution in [0.25, 0.3) is 0 Å². The van der Waals surface area contributed by atoms with Gasteiger partial charge in [0.15, 0.2) is 5.82 Å². The van der Waals surface area contributed by atoms with Crippen molar-refractivity contribution in [2.75, 3.05) is 31.6 Å². The fourth-order valence-corrected chi connectivity index (χ4v) is 2.60. The fraction of sp³-hybridized carbons (Fsp3) is 0.733. The molecule has 1 aromatic rings. The number of nitrogens with one attached hydrogen (secondary N) is 1. The summed E-state index contributed by atoms with van der Waals surface area (Å²) in [6, 6.07) is 0.799. The summed E-state index contributed by atoms with van der Waals surface area (Å²) in [5, 5.41) is 3.32. The third-order valence-corrected chi connectivity index (χ3v) is 3.74. The molecule has 1 unspecified atom stereocenters. The van der Waals surface area contributed by atoms with Crippen LogP contribution >= 0.6 is 0 Å². The maximum Gasteiger partial charge on any atom is 0.257 e. The zero-order valence-electron chi connectivity index (χ0n) is 12.8. The molecule has 0 spiro atoms. The molecule has 2 fully saturated rings. The van der Waals surface area contributed by atoms with E-state index < -0.39 is 0 Å². The summed E-state index contributed by atoms with van der Waals surface area (Å²) in [6.07, 6.45) is 6.29. The number of aromatic nitrogens is 2. The van der Waals surface area contributed by atoms with E-state index in [4.69, 9.17) is 9.47 Å².